The quantitative estimate of drug-likeness (QED) is 0.915. The van der Waals surface area contributed by atoms with E-state index in [1.54, 1.807) is 18.2 Å². The first-order chi connectivity index (χ1) is 12.5. The average Bonchev–Trinajstić information content (AvgIpc) is 2.60. The molecule has 26 heavy (non-hydrogen) atoms. The molecule has 1 saturated heterocycles. The fourth-order valence-corrected chi connectivity index (χ4v) is 3.23. The average molecular weight is 355 g/mol. The molecule has 1 aliphatic heterocycles. The Hall–Kier alpha value is -2.73. The molecule has 6 heteroatoms. The van der Waals surface area contributed by atoms with Crippen molar-refractivity contribution in [3.05, 3.63) is 71.0 Å². The van der Waals surface area contributed by atoms with Crippen LogP contribution in [0.15, 0.2) is 48.5 Å². The Bertz CT molecular complexity index is 822. The molecule has 2 aromatic carbocycles. The summed E-state index contributed by atoms with van der Waals surface area (Å²) in [7, 11) is 3.92. The maximum atomic E-state index is 13.6. The van der Waals surface area contributed by atoms with Gasteiger partial charge in [-0.3, -0.25) is 9.59 Å². The summed E-state index contributed by atoms with van der Waals surface area (Å²) in [5, 5.41) is 2.76. The van der Waals surface area contributed by atoms with E-state index < -0.39 is 11.9 Å². The maximum Gasteiger partial charge on any atom is 0.254 e. The van der Waals surface area contributed by atoms with Crippen LogP contribution in [0.25, 0.3) is 0 Å². The monoisotopic (exact) mass is 355 g/mol. The third-order valence-corrected chi connectivity index (χ3v) is 4.31. The highest BCUT2D eigenvalue weighted by Gasteiger charge is 2.35. The lowest BCUT2D eigenvalue weighted by Crippen LogP contribution is -2.52. The number of hydrogen-bond acceptors (Lipinski definition) is 3. The summed E-state index contributed by atoms with van der Waals surface area (Å²) in [5.41, 5.74) is 2.02. The van der Waals surface area contributed by atoms with Gasteiger partial charge in [0.1, 0.15) is 11.9 Å². The van der Waals surface area contributed by atoms with Crippen LogP contribution in [0.4, 0.5) is 4.39 Å². The Labute approximate surface area is 152 Å². The van der Waals surface area contributed by atoms with Crippen molar-refractivity contribution in [2.45, 2.75) is 12.6 Å². The number of piperazine rings is 1. The van der Waals surface area contributed by atoms with Crippen LogP contribution in [0.5, 0.6) is 0 Å². The van der Waals surface area contributed by atoms with Gasteiger partial charge >= 0.3 is 0 Å². The second-order valence-electron chi connectivity index (χ2n) is 6.69. The van der Waals surface area contributed by atoms with E-state index in [4.69, 9.17) is 0 Å². The van der Waals surface area contributed by atoms with Gasteiger partial charge in [0.2, 0.25) is 5.91 Å². The van der Waals surface area contributed by atoms with Crippen LogP contribution in [0.2, 0.25) is 0 Å². The van der Waals surface area contributed by atoms with E-state index in [-0.39, 0.29) is 11.8 Å². The van der Waals surface area contributed by atoms with Crippen LogP contribution in [-0.4, -0.2) is 48.8 Å². The summed E-state index contributed by atoms with van der Waals surface area (Å²) in [6.07, 6.45) is 0. The number of benzene rings is 2. The molecule has 0 aromatic heterocycles. The molecular weight excluding hydrogens is 333 g/mol. The molecule has 1 fully saturated rings. The fraction of sp³-hybridized carbons (Fsp3) is 0.300. The minimum Gasteiger partial charge on any atom is -0.352 e. The van der Waals surface area contributed by atoms with Gasteiger partial charge in [0.15, 0.2) is 0 Å². The Balaban J connectivity index is 1.92. The summed E-state index contributed by atoms with van der Waals surface area (Å²) in [5.74, 6) is -0.949. The molecule has 1 atom stereocenters. The minimum atomic E-state index is -0.829. The van der Waals surface area contributed by atoms with Crippen LogP contribution in [0.1, 0.15) is 27.5 Å². The molecule has 0 aliphatic carbocycles. The molecule has 2 aromatic rings. The maximum absolute atomic E-state index is 13.6. The molecule has 0 radical (unpaired) electrons. The number of nitrogens with one attached hydrogen (secondary N) is 1. The van der Waals surface area contributed by atoms with Crippen LogP contribution in [-0.2, 0) is 11.3 Å². The molecule has 1 heterocycles. The predicted octanol–water partition coefficient (Wildman–Crippen LogP) is 2.20. The molecule has 0 unspecified atom stereocenters. The highest BCUT2D eigenvalue weighted by Crippen LogP contribution is 2.26. The Kier molecular flexibility index (Phi) is 5.32. The van der Waals surface area contributed by atoms with Crippen molar-refractivity contribution in [3.63, 3.8) is 0 Å². The summed E-state index contributed by atoms with van der Waals surface area (Å²) < 4.78 is 13.6. The SMILES string of the molecule is CN(C)Cc1cccc(C(=O)N2CCNC(=O)[C@H]2c2cccc(F)c2)c1. The lowest BCUT2D eigenvalue weighted by atomic mass is 10.0. The van der Waals surface area contributed by atoms with E-state index in [9.17, 15) is 14.0 Å². The van der Waals surface area contributed by atoms with Gasteiger partial charge in [0.05, 0.1) is 0 Å². The molecule has 0 saturated carbocycles. The molecule has 5 nitrogen and oxygen atoms in total. The van der Waals surface area contributed by atoms with Crippen molar-refractivity contribution in [2.75, 3.05) is 27.2 Å². The first kappa shape index (κ1) is 18.1. The lowest BCUT2D eigenvalue weighted by Gasteiger charge is -2.35. The largest absolute Gasteiger partial charge is 0.352 e. The molecule has 0 bridgehead atoms. The molecular formula is C20H22FN3O2. The van der Waals surface area contributed by atoms with E-state index in [1.165, 1.54) is 17.0 Å². The molecule has 1 aliphatic rings. The van der Waals surface area contributed by atoms with Crippen molar-refractivity contribution in [2.24, 2.45) is 0 Å². The number of rotatable bonds is 4. The molecule has 0 spiro atoms. The highest BCUT2D eigenvalue weighted by molar-refractivity contribution is 5.98. The number of carbonyl (C=O) groups excluding carboxylic acids is 2. The third-order valence-electron chi connectivity index (χ3n) is 4.31. The zero-order chi connectivity index (χ0) is 18.7. The van der Waals surface area contributed by atoms with Crippen molar-refractivity contribution in [1.82, 2.24) is 15.1 Å². The fourth-order valence-electron chi connectivity index (χ4n) is 3.23. The van der Waals surface area contributed by atoms with Gasteiger partial charge in [-0.05, 0) is 49.5 Å². The molecule has 136 valence electrons. The second-order valence-corrected chi connectivity index (χ2v) is 6.69. The second kappa shape index (κ2) is 7.66. The first-order valence-electron chi connectivity index (χ1n) is 8.53. The van der Waals surface area contributed by atoms with E-state index in [2.05, 4.69) is 5.32 Å². The Morgan fingerprint density at radius 2 is 2.00 bits per heavy atom. The normalized spacial score (nSPS) is 17.3. The van der Waals surface area contributed by atoms with Gasteiger partial charge in [-0.25, -0.2) is 4.39 Å². The summed E-state index contributed by atoms with van der Waals surface area (Å²) in [6.45, 7) is 1.48. The number of carbonyl (C=O) groups is 2. The predicted molar refractivity (Wildman–Crippen MR) is 97.0 cm³/mol. The lowest BCUT2D eigenvalue weighted by molar-refractivity contribution is -0.128. The van der Waals surface area contributed by atoms with E-state index in [0.717, 1.165) is 12.1 Å². The van der Waals surface area contributed by atoms with Crippen molar-refractivity contribution < 1.29 is 14.0 Å². The first-order valence-corrected chi connectivity index (χ1v) is 8.53. The van der Waals surface area contributed by atoms with Gasteiger partial charge in [0, 0.05) is 25.2 Å². The smallest absolute Gasteiger partial charge is 0.254 e. The van der Waals surface area contributed by atoms with Gasteiger partial charge < -0.3 is 15.1 Å². The van der Waals surface area contributed by atoms with Crippen LogP contribution in [0, 0.1) is 5.82 Å². The van der Waals surface area contributed by atoms with Gasteiger partial charge in [-0.15, -0.1) is 0 Å². The van der Waals surface area contributed by atoms with Crippen LogP contribution >= 0.6 is 0 Å². The zero-order valence-electron chi connectivity index (χ0n) is 14.9. The number of hydrogen-bond donors (Lipinski definition) is 1. The van der Waals surface area contributed by atoms with Crippen molar-refractivity contribution in [1.29, 1.82) is 0 Å². The topological polar surface area (TPSA) is 52.7 Å². The third kappa shape index (κ3) is 3.91. The Morgan fingerprint density at radius 3 is 2.73 bits per heavy atom. The molecule has 3 rings (SSSR count). The summed E-state index contributed by atoms with van der Waals surface area (Å²) >= 11 is 0. The van der Waals surface area contributed by atoms with Crippen molar-refractivity contribution in [3.8, 4) is 0 Å². The minimum absolute atomic E-state index is 0.227. The zero-order valence-corrected chi connectivity index (χ0v) is 14.9. The summed E-state index contributed by atoms with van der Waals surface area (Å²) in [4.78, 5) is 29.1. The van der Waals surface area contributed by atoms with Gasteiger partial charge in [-0.1, -0.05) is 24.3 Å². The van der Waals surface area contributed by atoms with E-state index in [1.807, 2.05) is 37.2 Å². The standard InChI is InChI=1S/C20H22FN3O2/c1-23(2)13-14-5-3-7-16(11-14)20(26)24-10-9-22-19(25)18(24)15-6-4-8-17(21)12-15/h3-8,11-12,18H,9-10,13H2,1-2H3,(H,22,25)/t18-/m1/s1. The molecule has 1 N–H and O–H groups in total. The number of amides is 2. The number of nitrogens with zero attached hydrogens (tertiary/aromatic N) is 2. The van der Waals surface area contributed by atoms with Crippen molar-refractivity contribution >= 4 is 11.8 Å². The van der Waals surface area contributed by atoms with E-state index in [0.29, 0.717) is 24.2 Å². The van der Waals surface area contributed by atoms with Crippen LogP contribution in [0.3, 0.4) is 0 Å². The van der Waals surface area contributed by atoms with E-state index >= 15 is 0 Å². The Morgan fingerprint density at radius 1 is 1.23 bits per heavy atom. The van der Waals surface area contributed by atoms with Gasteiger partial charge in [0.25, 0.3) is 5.91 Å². The highest BCUT2D eigenvalue weighted by atomic mass is 19.1. The summed E-state index contributed by atoms with van der Waals surface area (Å²) in [6, 6.07) is 12.4. The van der Waals surface area contributed by atoms with Gasteiger partial charge in [-0.2, -0.15) is 0 Å². The van der Waals surface area contributed by atoms with Crippen LogP contribution < -0.4 is 5.32 Å². The number of halogens is 1. The molecule has 2 amide bonds.